The number of H-pyrrole nitrogens is 1. The van der Waals surface area contributed by atoms with E-state index in [0.717, 1.165) is 17.5 Å². The summed E-state index contributed by atoms with van der Waals surface area (Å²) in [6, 6.07) is 4.72. The van der Waals surface area contributed by atoms with Gasteiger partial charge >= 0.3 is 6.09 Å². The number of hydrogen-bond acceptors (Lipinski definition) is 6. The van der Waals surface area contributed by atoms with Gasteiger partial charge in [-0.1, -0.05) is 19.4 Å². The Kier molecular flexibility index (Phi) is 10.2. The number of rotatable bonds is 11. The van der Waals surface area contributed by atoms with E-state index in [9.17, 15) is 23.6 Å². The summed E-state index contributed by atoms with van der Waals surface area (Å²) in [4.78, 5) is 60.1. The Balaban J connectivity index is 1.78. The van der Waals surface area contributed by atoms with Crippen molar-refractivity contribution in [2.45, 2.75) is 45.3 Å². The molecule has 1 atom stereocenters. The highest BCUT2D eigenvalue weighted by Gasteiger charge is 2.24. The van der Waals surface area contributed by atoms with Gasteiger partial charge in [-0.3, -0.25) is 19.0 Å². The average molecular weight is 555 g/mol. The average Bonchev–Trinajstić information content (AvgIpc) is 3.30. The predicted molar refractivity (Wildman–Crippen MR) is 150 cm³/mol. The zero-order chi connectivity index (χ0) is 29.4. The Morgan fingerprint density at radius 1 is 1.18 bits per heavy atom. The molecule has 2 heterocycles. The van der Waals surface area contributed by atoms with Crippen molar-refractivity contribution in [1.29, 1.82) is 0 Å². The predicted octanol–water partition coefficient (Wildman–Crippen LogP) is 3.29. The fraction of sp³-hybridized carbons (Fsp3) is 0.393. The molecule has 11 nitrogen and oxygen atoms in total. The molecule has 214 valence electrons. The molecular formula is C28H35FN6O5. The van der Waals surface area contributed by atoms with Crippen LogP contribution in [0.4, 0.5) is 14.9 Å². The van der Waals surface area contributed by atoms with Gasteiger partial charge in [0.05, 0.1) is 19.1 Å². The van der Waals surface area contributed by atoms with Crippen molar-refractivity contribution in [3.8, 4) is 0 Å². The number of ether oxygens (including phenoxy) is 1. The lowest BCUT2D eigenvalue weighted by atomic mass is 10.1. The Hall–Kier alpha value is -4.48. The molecule has 0 fully saturated rings. The maximum Gasteiger partial charge on any atom is 0.410 e. The van der Waals surface area contributed by atoms with Crippen LogP contribution in [-0.2, 0) is 27.3 Å². The summed E-state index contributed by atoms with van der Waals surface area (Å²) in [5.41, 5.74) is 1.73. The summed E-state index contributed by atoms with van der Waals surface area (Å²) in [6.07, 6.45) is 5.49. The Morgan fingerprint density at radius 3 is 2.60 bits per heavy atom. The van der Waals surface area contributed by atoms with Gasteiger partial charge in [0.1, 0.15) is 11.5 Å². The summed E-state index contributed by atoms with van der Waals surface area (Å²) in [6.45, 7) is 2.13. The van der Waals surface area contributed by atoms with E-state index in [2.05, 4.69) is 15.3 Å². The quantitative estimate of drug-likeness (QED) is 0.350. The number of allylic oxidation sites excluding steroid dienone is 1. The second kappa shape index (κ2) is 13.5. The van der Waals surface area contributed by atoms with Crippen LogP contribution in [0, 0.1) is 5.82 Å². The molecule has 3 rings (SSSR count). The number of nitrogens with zero attached hydrogens (tertiary/aromatic N) is 4. The highest BCUT2D eigenvalue weighted by molar-refractivity contribution is 5.95. The molecule has 40 heavy (non-hydrogen) atoms. The lowest BCUT2D eigenvalue weighted by molar-refractivity contribution is -0.125. The smallest absolute Gasteiger partial charge is 0.410 e. The molecule has 0 bridgehead atoms. The van der Waals surface area contributed by atoms with Crippen molar-refractivity contribution < 1.29 is 23.5 Å². The summed E-state index contributed by atoms with van der Waals surface area (Å²) < 4.78 is 20.7. The number of hydrogen-bond donors (Lipinski definition) is 2. The maximum absolute atomic E-state index is 14.1. The third-order valence-corrected chi connectivity index (χ3v) is 6.05. The molecular weight excluding hydrogens is 519 g/mol. The lowest BCUT2D eigenvalue weighted by Gasteiger charge is -2.19. The number of nitrogens with one attached hydrogen (secondary N) is 2. The summed E-state index contributed by atoms with van der Waals surface area (Å²) >= 11 is 0. The Bertz CT molecular complexity index is 1460. The van der Waals surface area contributed by atoms with Crippen LogP contribution < -0.4 is 10.9 Å². The van der Waals surface area contributed by atoms with E-state index < -0.39 is 23.7 Å². The number of halogens is 1. The zero-order valence-corrected chi connectivity index (χ0v) is 23.4. The first-order valence-electron chi connectivity index (χ1n) is 12.9. The second-order valence-electron chi connectivity index (χ2n) is 9.78. The minimum absolute atomic E-state index is 0.0861. The summed E-state index contributed by atoms with van der Waals surface area (Å²) in [5, 5.41) is 3.22. The van der Waals surface area contributed by atoms with Gasteiger partial charge in [-0.25, -0.2) is 14.2 Å². The van der Waals surface area contributed by atoms with Crippen LogP contribution >= 0.6 is 0 Å². The number of fused-ring (bicyclic) bond motifs is 1. The molecule has 0 aliphatic heterocycles. The normalized spacial score (nSPS) is 11.9. The minimum atomic E-state index is -1.22. The van der Waals surface area contributed by atoms with Crippen LogP contribution in [0.1, 0.15) is 37.4 Å². The van der Waals surface area contributed by atoms with Crippen LogP contribution in [0.2, 0.25) is 0 Å². The molecule has 0 aliphatic rings. The first kappa shape index (κ1) is 30.1. The molecule has 2 N–H and O–H groups in total. The van der Waals surface area contributed by atoms with Crippen LogP contribution in [0.3, 0.4) is 0 Å². The standard InChI is InChI=1S/C28H35FN6O5/c1-6-9-18-12-20(29)13-19-14-21(31-25(18)19)16-35-17-30-15-22(27(35)38)32-26(37)23(40-28(39)34(4)5)10-7-8-11-24(36)33(2)3/h8,11-15,17,23,31H,6-7,9-10,16H2,1-5H3,(H,32,37)/b11-8+/t23-/m0/s1. The monoisotopic (exact) mass is 554 g/mol. The third-order valence-electron chi connectivity index (χ3n) is 6.05. The van der Waals surface area contributed by atoms with Gasteiger partial charge in [0.2, 0.25) is 5.91 Å². The third kappa shape index (κ3) is 7.78. The zero-order valence-electron chi connectivity index (χ0n) is 23.4. The first-order chi connectivity index (χ1) is 19.0. The van der Waals surface area contributed by atoms with Crippen molar-refractivity contribution >= 4 is 34.5 Å². The molecule has 3 amide bonds. The van der Waals surface area contributed by atoms with Crippen LogP contribution in [-0.4, -0.2) is 76.5 Å². The van der Waals surface area contributed by atoms with E-state index >= 15 is 0 Å². The van der Waals surface area contributed by atoms with Crippen molar-refractivity contribution in [2.75, 3.05) is 33.5 Å². The van der Waals surface area contributed by atoms with Gasteiger partial charge in [0, 0.05) is 44.8 Å². The topological polar surface area (TPSA) is 130 Å². The molecule has 0 aliphatic carbocycles. The van der Waals surface area contributed by atoms with Crippen molar-refractivity contribution in [3.63, 3.8) is 0 Å². The van der Waals surface area contributed by atoms with Crippen molar-refractivity contribution in [3.05, 3.63) is 70.3 Å². The SMILES string of the molecule is CCCc1cc(F)cc2cc(Cn3cncc(NC(=O)[C@H](CC/C=C/C(=O)N(C)C)OC(=O)N(C)C)c3=O)[nH]c12. The summed E-state index contributed by atoms with van der Waals surface area (Å²) in [5.74, 6) is -1.25. The van der Waals surface area contributed by atoms with Gasteiger partial charge in [-0.2, -0.15) is 0 Å². The highest BCUT2D eigenvalue weighted by Crippen LogP contribution is 2.23. The number of carbonyl (C=O) groups excluding carboxylic acids is 3. The maximum atomic E-state index is 14.1. The van der Waals surface area contributed by atoms with E-state index in [4.69, 9.17) is 4.74 Å². The first-order valence-corrected chi connectivity index (χ1v) is 12.9. The van der Waals surface area contributed by atoms with Crippen molar-refractivity contribution in [2.24, 2.45) is 0 Å². The van der Waals surface area contributed by atoms with E-state index in [1.54, 1.807) is 26.2 Å². The Labute approximate surface area is 231 Å². The van der Waals surface area contributed by atoms with Gasteiger partial charge < -0.3 is 24.8 Å². The van der Waals surface area contributed by atoms with E-state index in [-0.39, 0.29) is 36.8 Å². The molecule has 0 saturated heterocycles. The fourth-order valence-corrected chi connectivity index (χ4v) is 3.99. The number of likely N-dealkylation sites (N-methyl/N-ethyl adjacent to an activating group) is 1. The van der Waals surface area contributed by atoms with E-state index in [1.165, 1.54) is 59.2 Å². The summed E-state index contributed by atoms with van der Waals surface area (Å²) in [7, 11) is 6.20. The number of anilines is 1. The number of aryl methyl sites for hydroxylation is 1. The van der Waals surface area contributed by atoms with Crippen LogP contribution in [0.25, 0.3) is 10.9 Å². The number of carbonyl (C=O) groups is 3. The van der Waals surface area contributed by atoms with Crippen LogP contribution in [0.15, 0.2) is 47.7 Å². The largest absolute Gasteiger partial charge is 0.436 e. The lowest BCUT2D eigenvalue weighted by Crippen LogP contribution is -2.37. The molecule has 0 spiro atoms. The van der Waals surface area contributed by atoms with Crippen LogP contribution in [0.5, 0.6) is 0 Å². The molecule has 2 aromatic heterocycles. The minimum Gasteiger partial charge on any atom is -0.436 e. The highest BCUT2D eigenvalue weighted by atomic mass is 19.1. The van der Waals surface area contributed by atoms with Gasteiger partial charge in [-0.15, -0.1) is 0 Å². The van der Waals surface area contributed by atoms with E-state index in [0.29, 0.717) is 17.5 Å². The number of benzene rings is 1. The Morgan fingerprint density at radius 2 is 1.93 bits per heavy atom. The number of aromatic amines is 1. The van der Waals surface area contributed by atoms with Gasteiger partial charge in [-0.05, 0) is 49.1 Å². The molecule has 0 unspecified atom stereocenters. The number of amides is 3. The molecule has 1 aromatic carbocycles. The number of aromatic nitrogens is 3. The van der Waals surface area contributed by atoms with Crippen molar-refractivity contribution in [1.82, 2.24) is 24.3 Å². The van der Waals surface area contributed by atoms with Gasteiger partial charge in [0.25, 0.3) is 11.5 Å². The van der Waals surface area contributed by atoms with Gasteiger partial charge in [0.15, 0.2) is 6.10 Å². The molecule has 12 heteroatoms. The molecule has 3 aromatic rings. The molecule has 0 radical (unpaired) electrons. The second-order valence-corrected chi connectivity index (χ2v) is 9.78. The molecule has 0 saturated carbocycles. The van der Waals surface area contributed by atoms with E-state index in [1.807, 2.05) is 6.92 Å². The fourth-order valence-electron chi connectivity index (χ4n) is 3.99.